The molecule has 1 amide bonds. The molecule has 0 aromatic rings. The summed E-state index contributed by atoms with van der Waals surface area (Å²) in [5.41, 5.74) is 0. The maximum absolute atomic E-state index is 10.6. The summed E-state index contributed by atoms with van der Waals surface area (Å²) < 4.78 is 0. The van der Waals surface area contributed by atoms with Crippen molar-refractivity contribution in [1.29, 1.82) is 0 Å². The third-order valence-corrected chi connectivity index (χ3v) is 2.17. The third kappa shape index (κ3) is 4.85. The van der Waals surface area contributed by atoms with Crippen molar-refractivity contribution < 1.29 is 4.79 Å². The number of carbonyl (C=O) groups is 1. The quantitative estimate of drug-likeness (QED) is 0.638. The molecule has 1 aliphatic rings. The van der Waals surface area contributed by atoms with E-state index in [0.717, 1.165) is 45.7 Å². The molecule has 75 valence electrons. The summed E-state index contributed by atoms with van der Waals surface area (Å²) in [4.78, 5) is 13.0. The Morgan fingerprint density at radius 1 is 1.46 bits per heavy atom. The van der Waals surface area contributed by atoms with E-state index in [0.29, 0.717) is 0 Å². The molecule has 4 nitrogen and oxygen atoms in total. The predicted octanol–water partition coefficient (Wildman–Crippen LogP) is -0.567. The molecule has 1 aliphatic heterocycles. The van der Waals surface area contributed by atoms with E-state index in [1.165, 1.54) is 0 Å². The summed E-state index contributed by atoms with van der Waals surface area (Å²) in [6, 6.07) is 0. The van der Waals surface area contributed by atoms with Gasteiger partial charge in [0.1, 0.15) is 0 Å². The lowest BCUT2D eigenvalue weighted by Crippen LogP contribution is -2.35. The molecule has 1 fully saturated rings. The Morgan fingerprint density at radius 2 is 2.31 bits per heavy atom. The third-order valence-electron chi connectivity index (χ3n) is 2.17. The fraction of sp³-hybridized carbons (Fsp3) is 0.889. The number of amides is 1. The molecule has 1 N–H and O–H groups in total. The Hall–Kier alpha value is -0.610. The molecule has 0 aliphatic carbocycles. The van der Waals surface area contributed by atoms with Gasteiger partial charge in [-0.1, -0.05) is 0 Å². The van der Waals surface area contributed by atoms with Crippen molar-refractivity contribution >= 4 is 5.91 Å². The van der Waals surface area contributed by atoms with Crippen LogP contribution in [0.4, 0.5) is 0 Å². The highest BCUT2D eigenvalue weighted by Crippen LogP contribution is 1.94. The maximum Gasteiger partial charge on any atom is 0.216 e. The minimum absolute atomic E-state index is 0.0551. The summed E-state index contributed by atoms with van der Waals surface area (Å²) in [6.45, 7) is 7.36. The summed E-state index contributed by atoms with van der Waals surface area (Å²) in [7, 11) is 0. The standard InChI is InChI=1S/C9H18N3O/c1-9(13)11-5-8-12-6-2-3-10-4-7-12/h2-8H2,1H3,(H,11,13). The first-order valence-electron chi connectivity index (χ1n) is 4.89. The van der Waals surface area contributed by atoms with Crippen LogP contribution in [0.1, 0.15) is 13.3 Å². The smallest absolute Gasteiger partial charge is 0.216 e. The molecular weight excluding hydrogens is 166 g/mol. The molecule has 1 rings (SSSR count). The van der Waals surface area contributed by atoms with Gasteiger partial charge in [0, 0.05) is 39.6 Å². The summed E-state index contributed by atoms with van der Waals surface area (Å²) in [6.07, 6.45) is 1.15. The van der Waals surface area contributed by atoms with E-state index in [1.54, 1.807) is 6.92 Å². The van der Waals surface area contributed by atoms with Crippen LogP contribution in [-0.4, -0.2) is 50.1 Å². The van der Waals surface area contributed by atoms with Crippen LogP contribution in [0.3, 0.4) is 0 Å². The Morgan fingerprint density at radius 3 is 3.08 bits per heavy atom. The fourth-order valence-electron chi connectivity index (χ4n) is 1.46. The van der Waals surface area contributed by atoms with Crippen LogP contribution in [0.25, 0.3) is 0 Å². The second-order valence-corrected chi connectivity index (χ2v) is 3.35. The predicted molar refractivity (Wildman–Crippen MR) is 51.6 cm³/mol. The van der Waals surface area contributed by atoms with Crippen LogP contribution in [-0.2, 0) is 4.79 Å². The molecule has 1 radical (unpaired) electrons. The van der Waals surface area contributed by atoms with Gasteiger partial charge in [-0.2, -0.15) is 0 Å². The van der Waals surface area contributed by atoms with E-state index in [2.05, 4.69) is 15.5 Å². The molecular formula is C9H18N3O. The molecule has 0 saturated carbocycles. The van der Waals surface area contributed by atoms with Crippen LogP contribution >= 0.6 is 0 Å². The molecule has 0 atom stereocenters. The molecule has 0 aromatic carbocycles. The molecule has 1 heterocycles. The van der Waals surface area contributed by atoms with Crippen molar-refractivity contribution in [2.75, 3.05) is 39.3 Å². The van der Waals surface area contributed by atoms with Gasteiger partial charge in [-0.05, 0) is 13.0 Å². The lowest BCUT2D eigenvalue weighted by atomic mass is 10.4. The number of rotatable bonds is 3. The van der Waals surface area contributed by atoms with Gasteiger partial charge in [-0.15, -0.1) is 0 Å². The Kier molecular flexibility index (Phi) is 4.78. The number of hydrogen-bond donors (Lipinski definition) is 1. The van der Waals surface area contributed by atoms with Crippen LogP contribution in [0, 0.1) is 0 Å². The van der Waals surface area contributed by atoms with Crippen LogP contribution in [0.5, 0.6) is 0 Å². The monoisotopic (exact) mass is 184 g/mol. The Labute approximate surface area is 79.7 Å². The van der Waals surface area contributed by atoms with Crippen molar-refractivity contribution in [2.45, 2.75) is 13.3 Å². The van der Waals surface area contributed by atoms with Gasteiger partial charge >= 0.3 is 0 Å². The SMILES string of the molecule is CC(=O)NCCN1CCC[N]CC1. The molecule has 4 heteroatoms. The summed E-state index contributed by atoms with van der Waals surface area (Å²) in [5.74, 6) is 0.0551. The Bertz CT molecular complexity index is 153. The second-order valence-electron chi connectivity index (χ2n) is 3.35. The molecule has 0 unspecified atom stereocenters. The van der Waals surface area contributed by atoms with Crippen LogP contribution < -0.4 is 10.6 Å². The van der Waals surface area contributed by atoms with E-state index < -0.39 is 0 Å². The van der Waals surface area contributed by atoms with Gasteiger partial charge in [0.05, 0.1) is 0 Å². The highest BCUT2D eigenvalue weighted by Gasteiger charge is 2.07. The molecule has 13 heavy (non-hydrogen) atoms. The van der Waals surface area contributed by atoms with Crippen LogP contribution in [0.15, 0.2) is 0 Å². The highest BCUT2D eigenvalue weighted by molar-refractivity contribution is 5.72. The van der Waals surface area contributed by atoms with E-state index in [1.807, 2.05) is 0 Å². The van der Waals surface area contributed by atoms with Crippen molar-refractivity contribution in [3.05, 3.63) is 0 Å². The van der Waals surface area contributed by atoms with Crippen molar-refractivity contribution in [2.24, 2.45) is 0 Å². The first kappa shape index (κ1) is 10.5. The molecule has 0 aromatic heterocycles. The first-order chi connectivity index (χ1) is 6.29. The van der Waals surface area contributed by atoms with Crippen molar-refractivity contribution in [3.8, 4) is 0 Å². The first-order valence-corrected chi connectivity index (χ1v) is 4.89. The van der Waals surface area contributed by atoms with Gasteiger partial charge in [0.15, 0.2) is 0 Å². The van der Waals surface area contributed by atoms with E-state index in [-0.39, 0.29) is 5.91 Å². The lowest BCUT2D eigenvalue weighted by molar-refractivity contribution is -0.119. The van der Waals surface area contributed by atoms with Gasteiger partial charge in [-0.3, -0.25) is 4.79 Å². The lowest BCUT2D eigenvalue weighted by Gasteiger charge is -2.18. The minimum Gasteiger partial charge on any atom is -0.355 e. The average Bonchev–Trinajstić information content (AvgIpc) is 2.32. The van der Waals surface area contributed by atoms with Crippen molar-refractivity contribution in [1.82, 2.24) is 15.5 Å². The largest absolute Gasteiger partial charge is 0.355 e. The number of nitrogens with one attached hydrogen (secondary N) is 1. The van der Waals surface area contributed by atoms with E-state index in [9.17, 15) is 4.79 Å². The number of nitrogens with zero attached hydrogens (tertiary/aromatic N) is 2. The average molecular weight is 184 g/mol. The van der Waals surface area contributed by atoms with E-state index >= 15 is 0 Å². The maximum atomic E-state index is 10.6. The molecule has 0 spiro atoms. The van der Waals surface area contributed by atoms with Gasteiger partial charge in [-0.25, -0.2) is 5.32 Å². The number of carbonyl (C=O) groups excluding carboxylic acids is 1. The zero-order valence-corrected chi connectivity index (χ0v) is 8.25. The minimum atomic E-state index is 0.0551. The zero-order valence-electron chi connectivity index (χ0n) is 8.25. The fourth-order valence-corrected chi connectivity index (χ4v) is 1.46. The molecule has 0 bridgehead atoms. The van der Waals surface area contributed by atoms with Gasteiger partial charge < -0.3 is 10.2 Å². The Balaban J connectivity index is 2.08. The molecule has 1 saturated heterocycles. The zero-order chi connectivity index (χ0) is 9.52. The van der Waals surface area contributed by atoms with Gasteiger partial charge in [0.25, 0.3) is 0 Å². The highest BCUT2D eigenvalue weighted by atomic mass is 16.1. The van der Waals surface area contributed by atoms with E-state index in [4.69, 9.17) is 0 Å². The number of hydrogen-bond acceptors (Lipinski definition) is 2. The van der Waals surface area contributed by atoms with Crippen LogP contribution in [0.2, 0.25) is 0 Å². The summed E-state index contributed by atoms with van der Waals surface area (Å²) in [5, 5.41) is 7.14. The topological polar surface area (TPSA) is 46.4 Å². The normalized spacial score (nSPS) is 19.5. The second kappa shape index (κ2) is 5.94. The van der Waals surface area contributed by atoms with Crippen molar-refractivity contribution in [3.63, 3.8) is 0 Å². The van der Waals surface area contributed by atoms with Gasteiger partial charge in [0.2, 0.25) is 5.91 Å². The summed E-state index contributed by atoms with van der Waals surface area (Å²) >= 11 is 0.